The smallest absolute Gasteiger partial charge is 0.250 e. The van der Waals surface area contributed by atoms with Crippen molar-refractivity contribution in [1.82, 2.24) is 5.32 Å². The van der Waals surface area contributed by atoms with E-state index in [0.717, 1.165) is 5.56 Å². The summed E-state index contributed by atoms with van der Waals surface area (Å²) in [6, 6.07) is 21.8. The molecule has 4 aliphatic heterocycles. The molecule has 7 rings (SSSR count). The van der Waals surface area contributed by atoms with Gasteiger partial charge in [0.1, 0.15) is 18.8 Å². The number of carbonyl (C=O) groups excluding carboxylic acids is 3. The van der Waals surface area contributed by atoms with Gasteiger partial charge < -0.3 is 14.8 Å². The number of imide groups is 1. The van der Waals surface area contributed by atoms with Gasteiger partial charge in [-0.15, -0.1) is 0 Å². The van der Waals surface area contributed by atoms with Crippen molar-refractivity contribution in [1.29, 1.82) is 0 Å². The number of carbonyl (C=O) groups is 3. The fourth-order valence-corrected chi connectivity index (χ4v) is 6.23. The maximum atomic E-state index is 14.1. The first-order valence-corrected chi connectivity index (χ1v) is 12.1. The molecule has 180 valence electrons. The molecular weight excluding hydrogens is 458 g/mol. The Morgan fingerprint density at radius 2 is 1.61 bits per heavy atom. The average Bonchev–Trinajstić information content (AvgIpc) is 3.48. The van der Waals surface area contributed by atoms with Crippen LogP contribution in [0.15, 0.2) is 72.8 Å². The monoisotopic (exact) mass is 481 g/mol. The summed E-state index contributed by atoms with van der Waals surface area (Å²) in [5, 5.41) is 6.42. The van der Waals surface area contributed by atoms with E-state index in [9.17, 15) is 14.4 Å². The highest BCUT2D eigenvalue weighted by molar-refractivity contribution is 6.25. The molecule has 3 amide bonds. The summed E-state index contributed by atoms with van der Waals surface area (Å²) in [6.45, 7) is 0.842. The normalized spacial score (nSPS) is 27.8. The molecule has 0 bridgehead atoms. The maximum Gasteiger partial charge on any atom is 0.250 e. The summed E-state index contributed by atoms with van der Waals surface area (Å²) >= 11 is 0. The average molecular weight is 482 g/mol. The largest absolute Gasteiger partial charge is 0.486 e. The van der Waals surface area contributed by atoms with Crippen LogP contribution in [0.1, 0.15) is 11.1 Å². The van der Waals surface area contributed by atoms with E-state index in [2.05, 4.69) is 10.6 Å². The van der Waals surface area contributed by atoms with E-state index in [0.29, 0.717) is 48.1 Å². The molecule has 8 heteroatoms. The summed E-state index contributed by atoms with van der Waals surface area (Å²) in [5.74, 6) is -1.53. The number of benzene rings is 3. The number of para-hydroxylation sites is 1. The van der Waals surface area contributed by atoms with Crippen molar-refractivity contribution in [2.24, 2.45) is 11.8 Å². The second kappa shape index (κ2) is 7.66. The lowest BCUT2D eigenvalue weighted by molar-refractivity contribution is -0.130. The molecule has 2 fully saturated rings. The molecule has 0 saturated carbocycles. The van der Waals surface area contributed by atoms with Gasteiger partial charge in [-0.2, -0.15) is 0 Å². The zero-order chi connectivity index (χ0) is 24.4. The Balaban J connectivity index is 1.35. The van der Waals surface area contributed by atoms with Gasteiger partial charge in [-0.3, -0.25) is 19.7 Å². The van der Waals surface area contributed by atoms with Crippen molar-refractivity contribution >= 4 is 29.1 Å². The number of ether oxygens (including phenoxy) is 2. The zero-order valence-electron chi connectivity index (χ0n) is 19.3. The van der Waals surface area contributed by atoms with Crippen LogP contribution in [0, 0.1) is 11.8 Å². The van der Waals surface area contributed by atoms with Gasteiger partial charge in [-0.05, 0) is 30.2 Å². The standard InChI is InChI=1S/C28H23N3O5/c32-25-23-20(14-16-6-2-1-3-7-16)30-28(18-8-4-5-9-19(18)29-27(28)34)24(23)26(33)31(25)17-10-11-21-22(15-17)36-13-12-35-21/h1-11,15,20,23-24,30H,12-14H2,(H,29,34)/t20-,23+,24-,28-/m0/s1. The predicted octanol–water partition coefficient (Wildman–Crippen LogP) is 2.63. The van der Waals surface area contributed by atoms with Crippen molar-refractivity contribution in [2.45, 2.75) is 18.0 Å². The number of fused-ring (bicyclic) bond motifs is 5. The van der Waals surface area contributed by atoms with E-state index in [-0.39, 0.29) is 11.8 Å². The molecule has 4 atom stereocenters. The van der Waals surface area contributed by atoms with Crippen LogP contribution in [0.25, 0.3) is 0 Å². The van der Waals surface area contributed by atoms with Crippen LogP contribution in [-0.2, 0) is 26.3 Å². The molecule has 0 aliphatic carbocycles. The second-order valence-electron chi connectivity index (χ2n) is 9.59. The topological polar surface area (TPSA) is 97.0 Å². The molecular formula is C28H23N3O5. The molecule has 1 spiro atoms. The van der Waals surface area contributed by atoms with Crippen LogP contribution in [0.4, 0.5) is 11.4 Å². The van der Waals surface area contributed by atoms with Crippen LogP contribution in [0.2, 0.25) is 0 Å². The fourth-order valence-electron chi connectivity index (χ4n) is 6.23. The minimum atomic E-state index is -1.32. The number of rotatable bonds is 3. The van der Waals surface area contributed by atoms with Crippen molar-refractivity contribution in [3.05, 3.63) is 83.9 Å². The maximum absolute atomic E-state index is 14.1. The third-order valence-corrected chi connectivity index (χ3v) is 7.70. The summed E-state index contributed by atoms with van der Waals surface area (Å²) < 4.78 is 11.3. The van der Waals surface area contributed by atoms with Gasteiger partial charge in [0.15, 0.2) is 11.5 Å². The number of amides is 3. The Labute approximate surface area is 207 Å². The SMILES string of the molecule is O=C1[C@@H]2[C@H](Cc3ccccc3)N[C@]3(C(=O)Nc4ccccc43)[C@@H]2C(=O)N1c1ccc2c(c1)OCCO2. The van der Waals surface area contributed by atoms with Gasteiger partial charge in [0.05, 0.1) is 17.5 Å². The van der Waals surface area contributed by atoms with Crippen molar-refractivity contribution in [3.63, 3.8) is 0 Å². The van der Waals surface area contributed by atoms with Gasteiger partial charge in [0.25, 0.3) is 0 Å². The van der Waals surface area contributed by atoms with Gasteiger partial charge in [0.2, 0.25) is 17.7 Å². The Morgan fingerprint density at radius 3 is 2.44 bits per heavy atom. The van der Waals surface area contributed by atoms with E-state index >= 15 is 0 Å². The fraction of sp³-hybridized carbons (Fsp3) is 0.250. The van der Waals surface area contributed by atoms with Crippen molar-refractivity contribution in [3.8, 4) is 11.5 Å². The minimum absolute atomic E-state index is 0.306. The summed E-state index contributed by atoms with van der Waals surface area (Å²) in [6.07, 6.45) is 0.507. The molecule has 2 N–H and O–H groups in total. The first kappa shape index (κ1) is 21.1. The molecule has 3 aromatic carbocycles. The van der Waals surface area contributed by atoms with E-state index < -0.39 is 29.3 Å². The number of nitrogens with one attached hydrogen (secondary N) is 2. The lowest BCUT2D eigenvalue weighted by Gasteiger charge is -2.30. The molecule has 4 heterocycles. The van der Waals surface area contributed by atoms with Gasteiger partial charge in [-0.1, -0.05) is 48.5 Å². The lowest BCUT2D eigenvalue weighted by Crippen LogP contribution is -2.53. The lowest BCUT2D eigenvalue weighted by atomic mass is 9.76. The first-order valence-electron chi connectivity index (χ1n) is 12.1. The Bertz CT molecular complexity index is 1420. The third kappa shape index (κ3) is 2.82. The second-order valence-corrected chi connectivity index (χ2v) is 9.59. The Hall–Kier alpha value is -4.17. The van der Waals surface area contributed by atoms with E-state index in [1.807, 2.05) is 54.6 Å². The molecule has 2 saturated heterocycles. The Morgan fingerprint density at radius 1 is 0.861 bits per heavy atom. The number of anilines is 2. The van der Waals surface area contributed by atoms with Gasteiger partial charge >= 0.3 is 0 Å². The Kier molecular flexibility index (Phi) is 4.50. The molecule has 3 aromatic rings. The van der Waals surface area contributed by atoms with Gasteiger partial charge in [0, 0.05) is 23.4 Å². The minimum Gasteiger partial charge on any atom is -0.486 e. The van der Waals surface area contributed by atoms with E-state index in [4.69, 9.17) is 9.47 Å². The highest BCUT2D eigenvalue weighted by atomic mass is 16.6. The van der Waals surface area contributed by atoms with Gasteiger partial charge in [-0.25, -0.2) is 4.90 Å². The zero-order valence-corrected chi connectivity index (χ0v) is 19.3. The van der Waals surface area contributed by atoms with Crippen molar-refractivity contribution in [2.75, 3.05) is 23.4 Å². The third-order valence-electron chi connectivity index (χ3n) is 7.70. The molecule has 36 heavy (non-hydrogen) atoms. The van der Waals surface area contributed by atoms with Crippen molar-refractivity contribution < 1.29 is 23.9 Å². The van der Waals surface area contributed by atoms with Crippen LogP contribution in [0.3, 0.4) is 0 Å². The molecule has 0 aromatic heterocycles. The van der Waals surface area contributed by atoms with E-state index in [1.165, 1.54) is 4.90 Å². The van der Waals surface area contributed by atoms with Crippen LogP contribution >= 0.6 is 0 Å². The van der Waals surface area contributed by atoms with Crippen LogP contribution < -0.4 is 25.0 Å². The van der Waals surface area contributed by atoms with Crippen LogP contribution in [0.5, 0.6) is 11.5 Å². The molecule has 0 radical (unpaired) electrons. The number of hydrogen-bond acceptors (Lipinski definition) is 6. The summed E-state index contributed by atoms with van der Waals surface area (Å²) in [7, 11) is 0. The first-order chi connectivity index (χ1) is 17.6. The van der Waals surface area contributed by atoms with Crippen LogP contribution in [-0.4, -0.2) is 37.0 Å². The number of nitrogens with zero attached hydrogens (tertiary/aromatic N) is 1. The predicted molar refractivity (Wildman–Crippen MR) is 131 cm³/mol. The summed E-state index contributed by atoms with van der Waals surface area (Å²) in [5.41, 5.74) is 1.48. The highest BCUT2D eigenvalue weighted by Gasteiger charge is 2.70. The number of hydrogen-bond donors (Lipinski definition) is 2. The summed E-state index contributed by atoms with van der Waals surface area (Å²) in [4.78, 5) is 42.9. The molecule has 8 nitrogen and oxygen atoms in total. The highest BCUT2D eigenvalue weighted by Crippen LogP contribution is 2.54. The molecule has 0 unspecified atom stereocenters. The quantitative estimate of drug-likeness (QED) is 0.559. The van der Waals surface area contributed by atoms with E-state index in [1.54, 1.807) is 18.2 Å². The molecule has 4 aliphatic rings.